The lowest BCUT2D eigenvalue weighted by Crippen LogP contribution is -2.24. The molecule has 4 heteroatoms. The maximum absolute atomic E-state index is 6.33. The quantitative estimate of drug-likeness (QED) is 0.137. The zero-order chi connectivity index (χ0) is 30.7. The average molecular weight is 585 g/mol. The third kappa shape index (κ3) is 14.0. The normalized spacial score (nSPS) is 13.1. The van der Waals surface area contributed by atoms with Gasteiger partial charge in [-0.25, -0.2) is 0 Å². The molecule has 2 aromatic rings. The number of hydrogen-bond acceptors (Lipinski definition) is 3. The van der Waals surface area contributed by atoms with Gasteiger partial charge in [0.25, 0.3) is 0 Å². The van der Waals surface area contributed by atoms with Gasteiger partial charge in [-0.15, -0.1) is 0 Å². The van der Waals surface area contributed by atoms with Crippen molar-refractivity contribution in [1.29, 1.82) is 0 Å². The topological polar surface area (TPSA) is 27.7 Å². The second-order valence-electron chi connectivity index (χ2n) is 15.7. The van der Waals surface area contributed by atoms with E-state index in [0.29, 0.717) is 6.61 Å². The molecule has 0 unspecified atom stereocenters. The Hall–Kier alpha value is -1.57. The Kier molecular flexibility index (Phi) is 13.7. The molecular weight excluding hydrogens is 523 g/mol. The molecule has 0 atom stereocenters. The second kappa shape index (κ2) is 15.8. The minimum absolute atomic E-state index is 0.0914. The Labute approximate surface area is 255 Å². The molecule has 0 radical (unpaired) electrons. The molecule has 2 aromatic carbocycles. The van der Waals surface area contributed by atoms with E-state index in [0.717, 1.165) is 30.8 Å². The van der Waals surface area contributed by atoms with Crippen molar-refractivity contribution in [3.8, 4) is 11.5 Å². The van der Waals surface area contributed by atoms with E-state index in [4.69, 9.17) is 13.6 Å². The van der Waals surface area contributed by atoms with Crippen LogP contribution in [-0.4, -0.2) is 6.61 Å². The summed E-state index contributed by atoms with van der Waals surface area (Å²) in [4.78, 5) is 0. The Morgan fingerprint density at radius 2 is 0.878 bits per heavy atom. The highest BCUT2D eigenvalue weighted by Crippen LogP contribution is 2.44. The van der Waals surface area contributed by atoms with Gasteiger partial charge in [-0.1, -0.05) is 139 Å². The third-order valence-electron chi connectivity index (χ3n) is 7.52. The van der Waals surface area contributed by atoms with Crippen LogP contribution in [-0.2, 0) is 15.4 Å². The first kappa shape index (κ1) is 35.6. The Morgan fingerprint density at radius 1 is 0.512 bits per heavy atom. The number of benzene rings is 2. The summed E-state index contributed by atoms with van der Waals surface area (Å²) >= 11 is 0. The summed E-state index contributed by atoms with van der Waals surface area (Å²) in [6, 6.07) is 17.0. The predicted octanol–water partition coefficient (Wildman–Crippen LogP) is 12.6. The van der Waals surface area contributed by atoms with Crippen LogP contribution in [0.15, 0.2) is 48.5 Å². The maximum Gasteiger partial charge on any atom is 0.463 e. The largest absolute Gasteiger partial charge is 0.463 e. The van der Waals surface area contributed by atoms with E-state index in [9.17, 15) is 0 Å². The molecule has 0 aliphatic rings. The van der Waals surface area contributed by atoms with Crippen LogP contribution in [0.1, 0.15) is 145 Å². The monoisotopic (exact) mass is 584 g/mol. The van der Waals surface area contributed by atoms with E-state index in [1.807, 2.05) is 0 Å². The first-order chi connectivity index (χ1) is 19.0. The third-order valence-corrected chi connectivity index (χ3v) is 8.63. The molecule has 3 nitrogen and oxygen atoms in total. The van der Waals surface area contributed by atoms with Crippen molar-refractivity contribution in [1.82, 2.24) is 0 Å². The zero-order valence-electron chi connectivity index (χ0n) is 28.4. The van der Waals surface area contributed by atoms with Gasteiger partial charge >= 0.3 is 8.60 Å². The molecule has 0 saturated heterocycles. The molecule has 2 rings (SSSR count). The fourth-order valence-corrected chi connectivity index (χ4v) is 7.24. The Bertz CT molecular complexity index is 921. The fraction of sp³-hybridized carbons (Fsp3) is 0.676. The summed E-state index contributed by atoms with van der Waals surface area (Å²) < 4.78 is 18.9. The van der Waals surface area contributed by atoms with Crippen molar-refractivity contribution >= 4 is 8.60 Å². The fourth-order valence-electron chi connectivity index (χ4n) is 6.23. The van der Waals surface area contributed by atoms with Crippen LogP contribution in [0.25, 0.3) is 0 Å². The van der Waals surface area contributed by atoms with Crippen molar-refractivity contribution in [3.63, 3.8) is 0 Å². The van der Waals surface area contributed by atoms with Crippen LogP contribution < -0.4 is 9.05 Å². The van der Waals surface area contributed by atoms with Crippen LogP contribution >= 0.6 is 8.60 Å². The minimum Gasteiger partial charge on any atom is -0.418 e. The van der Waals surface area contributed by atoms with E-state index in [1.54, 1.807) is 0 Å². The molecule has 0 amide bonds. The van der Waals surface area contributed by atoms with Crippen LogP contribution in [0.2, 0.25) is 0 Å². The maximum atomic E-state index is 6.33. The Balaban J connectivity index is 2.09. The van der Waals surface area contributed by atoms with Crippen molar-refractivity contribution < 1.29 is 13.6 Å². The van der Waals surface area contributed by atoms with Gasteiger partial charge in [-0.3, -0.25) is 4.52 Å². The first-order valence-electron chi connectivity index (χ1n) is 16.0. The molecule has 0 aromatic heterocycles. The SMILES string of the molecule is CCCCCCCCCOP(Oc1ccc(C(C)(C)CC(C)(C)C)cc1)Oc1ccc(C(C)(C)CC(C)(C)C)cc1. The summed E-state index contributed by atoms with van der Waals surface area (Å²) in [5.74, 6) is 1.57. The molecule has 0 spiro atoms. The standard InChI is InChI=1S/C37H61O3P/c1-12-13-14-15-16-17-18-27-38-41(39-32-23-19-30(20-24-32)36(8,9)28-34(2,3)4)40-33-25-21-31(22-26-33)37(10,11)29-35(5,6)7/h19-26H,12-18,27-29H2,1-11H3. The van der Waals surface area contributed by atoms with Gasteiger partial charge in [0.15, 0.2) is 0 Å². The average Bonchev–Trinajstić information content (AvgIpc) is 2.83. The smallest absolute Gasteiger partial charge is 0.418 e. The summed E-state index contributed by atoms with van der Waals surface area (Å²) in [6.07, 6.45) is 11.0. The number of rotatable bonds is 17. The van der Waals surface area contributed by atoms with Crippen LogP contribution in [0, 0.1) is 10.8 Å². The molecule has 0 heterocycles. The molecule has 0 saturated carbocycles. The van der Waals surface area contributed by atoms with Crippen molar-refractivity contribution in [2.24, 2.45) is 10.8 Å². The van der Waals surface area contributed by atoms with Gasteiger partial charge in [-0.2, -0.15) is 0 Å². The van der Waals surface area contributed by atoms with Crippen LogP contribution in [0.5, 0.6) is 11.5 Å². The van der Waals surface area contributed by atoms with E-state index in [1.165, 1.54) is 49.7 Å². The lowest BCUT2D eigenvalue weighted by molar-refractivity contribution is 0.258. The van der Waals surface area contributed by atoms with Crippen molar-refractivity contribution in [3.05, 3.63) is 59.7 Å². The van der Waals surface area contributed by atoms with Crippen molar-refractivity contribution in [2.45, 2.75) is 145 Å². The molecular formula is C37H61O3P. The highest BCUT2D eigenvalue weighted by atomic mass is 31.2. The molecule has 0 fully saturated rings. The van der Waals surface area contributed by atoms with E-state index in [-0.39, 0.29) is 21.7 Å². The summed E-state index contributed by atoms with van der Waals surface area (Å²) in [5.41, 5.74) is 3.36. The van der Waals surface area contributed by atoms with Gasteiger partial charge in [0, 0.05) is 0 Å². The second-order valence-corrected chi connectivity index (χ2v) is 16.7. The molecule has 0 bridgehead atoms. The lowest BCUT2D eigenvalue weighted by atomic mass is 9.72. The molecule has 41 heavy (non-hydrogen) atoms. The van der Waals surface area contributed by atoms with E-state index in [2.05, 4.69) is 125 Å². The van der Waals surface area contributed by atoms with Crippen LogP contribution in [0.4, 0.5) is 0 Å². The van der Waals surface area contributed by atoms with E-state index >= 15 is 0 Å². The summed E-state index contributed by atoms with van der Waals surface area (Å²) in [5, 5.41) is 0. The lowest BCUT2D eigenvalue weighted by Gasteiger charge is -2.33. The highest BCUT2D eigenvalue weighted by molar-refractivity contribution is 7.42. The van der Waals surface area contributed by atoms with Crippen molar-refractivity contribution in [2.75, 3.05) is 6.61 Å². The predicted molar refractivity (Wildman–Crippen MR) is 179 cm³/mol. The molecule has 0 N–H and O–H groups in total. The zero-order valence-corrected chi connectivity index (χ0v) is 29.3. The minimum atomic E-state index is -1.56. The van der Waals surface area contributed by atoms with E-state index < -0.39 is 8.60 Å². The first-order valence-corrected chi connectivity index (χ1v) is 17.1. The van der Waals surface area contributed by atoms with Gasteiger partial charge in [0.2, 0.25) is 0 Å². The summed E-state index contributed by atoms with van der Waals surface area (Å²) in [6.45, 7) is 26.0. The molecule has 0 aliphatic carbocycles. The Morgan fingerprint density at radius 3 is 1.24 bits per heavy atom. The number of unbranched alkanes of at least 4 members (excludes halogenated alkanes) is 6. The number of hydrogen-bond donors (Lipinski definition) is 0. The highest BCUT2D eigenvalue weighted by Gasteiger charge is 2.29. The van der Waals surface area contributed by atoms with Gasteiger partial charge < -0.3 is 9.05 Å². The molecule has 232 valence electrons. The molecule has 0 aliphatic heterocycles. The summed E-state index contributed by atoms with van der Waals surface area (Å²) in [7, 11) is -1.56. The van der Waals surface area contributed by atoms with Gasteiger partial charge in [0.05, 0.1) is 6.61 Å². The van der Waals surface area contributed by atoms with Gasteiger partial charge in [-0.05, 0) is 76.3 Å². The van der Waals surface area contributed by atoms with Crippen LogP contribution in [0.3, 0.4) is 0 Å². The van der Waals surface area contributed by atoms with Gasteiger partial charge in [0.1, 0.15) is 11.5 Å².